The standard InChI is InChI=1S/C18H24N2O3.CH4/c1-11(2)12(3)17(21)20-16(18(22)23-4)9-13-10-19-15-8-6-5-7-14(13)15;/h5-8,10-12,16,19H,9H2,1-4H3,(H,20,21);1H4/t12-,16-;/m0./s1. The van der Waals surface area contributed by atoms with Crippen molar-refractivity contribution >= 4 is 22.8 Å². The van der Waals surface area contributed by atoms with Gasteiger partial charge in [0.15, 0.2) is 0 Å². The van der Waals surface area contributed by atoms with E-state index in [2.05, 4.69) is 10.3 Å². The van der Waals surface area contributed by atoms with Gasteiger partial charge in [-0.25, -0.2) is 4.79 Å². The molecule has 0 saturated heterocycles. The zero-order valence-electron chi connectivity index (χ0n) is 14.1. The molecule has 132 valence electrons. The van der Waals surface area contributed by atoms with E-state index >= 15 is 0 Å². The number of aromatic nitrogens is 1. The van der Waals surface area contributed by atoms with Crippen LogP contribution in [0.15, 0.2) is 30.5 Å². The molecule has 2 rings (SSSR count). The number of H-pyrrole nitrogens is 1. The van der Waals surface area contributed by atoms with Gasteiger partial charge in [0.2, 0.25) is 5.91 Å². The van der Waals surface area contributed by atoms with Crippen LogP contribution in [0.25, 0.3) is 10.9 Å². The third-order valence-electron chi connectivity index (χ3n) is 4.31. The van der Waals surface area contributed by atoms with Crippen LogP contribution in [0.5, 0.6) is 0 Å². The quantitative estimate of drug-likeness (QED) is 0.797. The average molecular weight is 332 g/mol. The van der Waals surface area contributed by atoms with E-state index in [0.29, 0.717) is 6.42 Å². The van der Waals surface area contributed by atoms with Gasteiger partial charge in [0.05, 0.1) is 7.11 Å². The van der Waals surface area contributed by atoms with E-state index in [1.54, 1.807) is 0 Å². The minimum atomic E-state index is -0.687. The number of amides is 1. The van der Waals surface area contributed by atoms with Crippen LogP contribution < -0.4 is 5.32 Å². The van der Waals surface area contributed by atoms with E-state index < -0.39 is 12.0 Å². The van der Waals surface area contributed by atoms with Gasteiger partial charge in [-0.15, -0.1) is 0 Å². The molecule has 0 aliphatic rings. The first-order valence-electron chi connectivity index (χ1n) is 7.87. The summed E-state index contributed by atoms with van der Waals surface area (Å²) in [5.74, 6) is -0.513. The van der Waals surface area contributed by atoms with Gasteiger partial charge in [0.1, 0.15) is 6.04 Å². The monoisotopic (exact) mass is 332 g/mol. The summed E-state index contributed by atoms with van der Waals surface area (Å²) >= 11 is 0. The van der Waals surface area contributed by atoms with Crippen molar-refractivity contribution in [1.82, 2.24) is 10.3 Å². The van der Waals surface area contributed by atoms with E-state index in [-0.39, 0.29) is 25.2 Å². The van der Waals surface area contributed by atoms with E-state index in [0.717, 1.165) is 16.5 Å². The fourth-order valence-corrected chi connectivity index (χ4v) is 2.46. The number of benzene rings is 1. The predicted octanol–water partition coefficient (Wildman–Crippen LogP) is 3.30. The van der Waals surface area contributed by atoms with Crippen LogP contribution in [0.2, 0.25) is 0 Å². The molecule has 0 bridgehead atoms. The Hall–Kier alpha value is -2.30. The molecule has 24 heavy (non-hydrogen) atoms. The van der Waals surface area contributed by atoms with Gasteiger partial charge in [-0.05, 0) is 17.5 Å². The van der Waals surface area contributed by atoms with Crippen LogP contribution in [0, 0.1) is 11.8 Å². The van der Waals surface area contributed by atoms with Crippen LogP contribution in [0.1, 0.15) is 33.8 Å². The number of nitrogens with one attached hydrogen (secondary N) is 2. The van der Waals surface area contributed by atoms with Crippen molar-refractivity contribution in [3.8, 4) is 0 Å². The second-order valence-electron chi connectivity index (χ2n) is 6.18. The first-order valence-corrected chi connectivity index (χ1v) is 7.87. The molecule has 0 aliphatic heterocycles. The molecule has 1 aromatic heterocycles. The molecule has 5 heteroatoms. The number of para-hydroxylation sites is 1. The number of rotatable bonds is 6. The van der Waals surface area contributed by atoms with Crippen molar-refractivity contribution in [3.63, 3.8) is 0 Å². The van der Waals surface area contributed by atoms with Crippen LogP contribution in [0.4, 0.5) is 0 Å². The second kappa shape index (κ2) is 8.52. The summed E-state index contributed by atoms with van der Waals surface area (Å²) in [5, 5.41) is 3.87. The largest absolute Gasteiger partial charge is 0.467 e. The normalized spacial score (nSPS) is 13.2. The first kappa shape index (κ1) is 19.7. The maximum absolute atomic E-state index is 12.3. The fourth-order valence-electron chi connectivity index (χ4n) is 2.46. The van der Waals surface area contributed by atoms with Crippen molar-refractivity contribution in [1.29, 1.82) is 0 Å². The third kappa shape index (κ3) is 4.37. The molecular formula is C19H28N2O3. The number of esters is 1. The lowest BCUT2D eigenvalue weighted by Crippen LogP contribution is -2.45. The number of carbonyl (C=O) groups is 2. The van der Waals surface area contributed by atoms with Gasteiger partial charge >= 0.3 is 5.97 Å². The van der Waals surface area contributed by atoms with Crippen LogP contribution >= 0.6 is 0 Å². The lowest BCUT2D eigenvalue weighted by Gasteiger charge is -2.21. The maximum atomic E-state index is 12.3. The number of ether oxygens (including phenoxy) is 1. The smallest absolute Gasteiger partial charge is 0.328 e. The number of aromatic amines is 1. The molecule has 0 radical (unpaired) electrons. The van der Waals surface area contributed by atoms with Crippen LogP contribution in [-0.2, 0) is 20.7 Å². The Bertz CT molecular complexity index is 691. The van der Waals surface area contributed by atoms with Crippen LogP contribution in [-0.4, -0.2) is 30.0 Å². The summed E-state index contributed by atoms with van der Waals surface area (Å²) in [5.41, 5.74) is 1.99. The van der Waals surface area contributed by atoms with Crippen molar-refractivity contribution in [2.24, 2.45) is 11.8 Å². The van der Waals surface area contributed by atoms with Gasteiger partial charge in [0.25, 0.3) is 0 Å². The molecular weight excluding hydrogens is 304 g/mol. The minimum absolute atomic E-state index is 0. The fraction of sp³-hybridized carbons (Fsp3) is 0.474. The summed E-state index contributed by atoms with van der Waals surface area (Å²) in [7, 11) is 1.34. The van der Waals surface area contributed by atoms with Crippen molar-refractivity contribution in [2.75, 3.05) is 7.11 Å². The van der Waals surface area contributed by atoms with E-state index in [1.807, 2.05) is 51.2 Å². The zero-order valence-corrected chi connectivity index (χ0v) is 14.1. The summed E-state index contributed by atoms with van der Waals surface area (Å²) in [6.07, 6.45) is 2.27. The summed E-state index contributed by atoms with van der Waals surface area (Å²) in [4.78, 5) is 27.5. The zero-order chi connectivity index (χ0) is 17.0. The van der Waals surface area contributed by atoms with Gasteiger partial charge in [-0.1, -0.05) is 46.4 Å². The second-order valence-corrected chi connectivity index (χ2v) is 6.18. The molecule has 0 fully saturated rings. The Balaban J connectivity index is 0.00000288. The Morgan fingerprint density at radius 1 is 1.21 bits per heavy atom. The topological polar surface area (TPSA) is 71.2 Å². The third-order valence-corrected chi connectivity index (χ3v) is 4.31. The molecule has 2 N–H and O–H groups in total. The maximum Gasteiger partial charge on any atom is 0.328 e. The van der Waals surface area contributed by atoms with E-state index in [1.165, 1.54) is 7.11 Å². The Kier molecular flexibility index (Phi) is 7.01. The van der Waals surface area contributed by atoms with Gasteiger partial charge in [-0.2, -0.15) is 0 Å². The number of hydrogen-bond donors (Lipinski definition) is 2. The molecule has 0 unspecified atom stereocenters. The highest BCUT2D eigenvalue weighted by Gasteiger charge is 2.26. The molecule has 2 atom stereocenters. The minimum Gasteiger partial charge on any atom is -0.467 e. The molecule has 1 heterocycles. The van der Waals surface area contributed by atoms with Gasteiger partial charge in [-0.3, -0.25) is 4.79 Å². The molecule has 2 aromatic rings. The van der Waals surface area contributed by atoms with Crippen LogP contribution in [0.3, 0.4) is 0 Å². The highest BCUT2D eigenvalue weighted by molar-refractivity contribution is 5.88. The van der Waals surface area contributed by atoms with E-state index in [9.17, 15) is 9.59 Å². The molecule has 1 amide bonds. The number of methoxy groups -OCH3 is 1. The van der Waals surface area contributed by atoms with Crippen molar-refractivity contribution in [3.05, 3.63) is 36.0 Å². The Morgan fingerprint density at radius 3 is 2.50 bits per heavy atom. The lowest BCUT2D eigenvalue weighted by atomic mass is 9.96. The predicted molar refractivity (Wildman–Crippen MR) is 96.7 cm³/mol. The van der Waals surface area contributed by atoms with E-state index in [4.69, 9.17) is 4.74 Å². The summed E-state index contributed by atoms with van der Waals surface area (Å²) in [6, 6.07) is 7.19. The van der Waals surface area contributed by atoms with Crippen molar-refractivity contribution in [2.45, 2.75) is 40.7 Å². The number of hydrogen-bond acceptors (Lipinski definition) is 3. The summed E-state index contributed by atoms with van der Waals surface area (Å²) < 4.78 is 4.85. The number of fused-ring (bicyclic) bond motifs is 1. The first-order chi connectivity index (χ1) is 10.9. The molecule has 0 spiro atoms. The molecule has 0 aliphatic carbocycles. The van der Waals surface area contributed by atoms with Gasteiger partial charge in [0, 0.05) is 29.4 Å². The highest BCUT2D eigenvalue weighted by atomic mass is 16.5. The molecule has 5 nitrogen and oxygen atoms in total. The highest BCUT2D eigenvalue weighted by Crippen LogP contribution is 2.20. The Morgan fingerprint density at radius 2 is 1.88 bits per heavy atom. The van der Waals surface area contributed by atoms with Crippen molar-refractivity contribution < 1.29 is 14.3 Å². The molecule has 0 saturated carbocycles. The SMILES string of the molecule is C.COC(=O)[C@H](Cc1c[nH]c2ccccc12)NC(=O)[C@@H](C)C(C)C. The summed E-state index contributed by atoms with van der Waals surface area (Å²) in [6.45, 7) is 5.83. The molecule has 1 aromatic carbocycles. The Labute approximate surface area is 143 Å². The number of carbonyl (C=O) groups excluding carboxylic acids is 2. The average Bonchev–Trinajstić information content (AvgIpc) is 2.95. The van der Waals surface area contributed by atoms with Gasteiger partial charge < -0.3 is 15.0 Å². The lowest BCUT2D eigenvalue weighted by molar-refractivity contribution is -0.145.